The molecule has 1 aromatic heterocycles. The predicted molar refractivity (Wildman–Crippen MR) is 147 cm³/mol. The van der Waals surface area contributed by atoms with Crippen LogP contribution < -0.4 is 21.7 Å². The first-order valence-electron chi connectivity index (χ1n) is 13.8. The van der Waals surface area contributed by atoms with Crippen LogP contribution in [-0.4, -0.2) is 83.7 Å². The molecule has 10 heteroatoms. The largest absolute Gasteiger partial charge is 0.364 e. The number of piperidine rings is 2. The first-order chi connectivity index (χ1) is 18.3. The van der Waals surface area contributed by atoms with E-state index in [1.54, 1.807) is 20.3 Å². The fourth-order valence-electron chi connectivity index (χ4n) is 6.06. The molecule has 3 fully saturated rings. The van der Waals surface area contributed by atoms with Crippen molar-refractivity contribution in [2.75, 3.05) is 45.6 Å². The Morgan fingerprint density at radius 1 is 1.05 bits per heavy atom. The molecule has 10 nitrogen and oxygen atoms in total. The highest BCUT2D eigenvalue weighted by atomic mass is 16.2. The number of nitrogens with one attached hydrogen (secondary N) is 3. The van der Waals surface area contributed by atoms with E-state index in [0.29, 0.717) is 31.1 Å². The number of urea groups is 1. The second-order valence-electron chi connectivity index (χ2n) is 11.2. The summed E-state index contributed by atoms with van der Waals surface area (Å²) in [5.41, 5.74) is 7.80. The summed E-state index contributed by atoms with van der Waals surface area (Å²) in [4.78, 5) is 37.7. The molecular formula is C28H40N8O2. The maximum atomic E-state index is 12.8. The van der Waals surface area contributed by atoms with Gasteiger partial charge in [0.2, 0.25) is 0 Å². The smallest absolute Gasteiger partial charge is 0.318 e. The number of carbonyl (C=O) groups is 2. The van der Waals surface area contributed by atoms with E-state index in [2.05, 4.69) is 55.1 Å². The van der Waals surface area contributed by atoms with E-state index in [1.807, 2.05) is 0 Å². The second kappa shape index (κ2) is 11.2. The van der Waals surface area contributed by atoms with Crippen LogP contribution in [0.15, 0.2) is 36.7 Å². The average molecular weight is 521 g/mol. The Labute approximate surface area is 224 Å². The van der Waals surface area contributed by atoms with Crippen LogP contribution in [0.25, 0.3) is 0 Å². The number of carbonyl (C=O) groups excluding carboxylic acids is 2. The number of aromatic nitrogens is 2. The molecule has 1 aliphatic carbocycles. The Morgan fingerprint density at radius 3 is 2.39 bits per heavy atom. The molecule has 0 radical (unpaired) electrons. The third kappa shape index (κ3) is 5.76. The normalized spacial score (nSPS) is 24.8. The lowest BCUT2D eigenvalue weighted by Crippen LogP contribution is -2.65. The van der Waals surface area contributed by atoms with Crippen molar-refractivity contribution < 1.29 is 9.59 Å². The minimum atomic E-state index is -0.799. The van der Waals surface area contributed by atoms with Gasteiger partial charge in [0.25, 0.3) is 5.91 Å². The van der Waals surface area contributed by atoms with E-state index in [9.17, 15) is 9.59 Å². The molecule has 204 valence electrons. The fraction of sp³-hybridized carbons (Fsp3) is 0.571. The van der Waals surface area contributed by atoms with Crippen molar-refractivity contribution in [3.05, 3.63) is 53.6 Å². The zero-order chi connectivity index (χ0) is 26.7. The molecule has 3 amide bonds. The van der Waals surface area contributed by atoms with E-state index in [1.165, 1.54) is 61.9 Å². The number of nitrogens with two attached hydrogens (primary N) is 1. The van der Waals surface area contributed by atoms with Gasteiger partial charge in [-0.2, -0.15) is 0 Å². The van der Waals surface area contributed by atoms with Gasteiger partial charge < -0.3 is 31.5 Å². The van der Waals surface area contributed by atoms with Gasteiger partial charge in [-0.3, -0.25) is 9.78 Å². The molecule has 0 bridgehead atoms. The van der Waals surface area contributed by atoms with Crippen LogP contribution in [0.1, 0.15) is 72.1 Å². The number of rotatable bonds is 7. The van der Waals surface area contributed by atoms with E-state index in [4.69, 9.17) is 5.73 Å². The molecule has 3 heterocycles. The van der Waals surface area contributed by atoms with Gasteiger partial charge in [0, 0.05) is 57.2 Å². The van der Waals surface area contributed by atoms with Gasteiger partial charge >= 0.3 is 6.03 Å². The Kier molecular flexibility index (Phi) is 7.80. The number of primary amides is 1. The molecule has 1 saturated carbocycles. The standard InChI is InChI=1S/C28H40N8O2/c1-35(2)27(38)34-28(16-21(17-30-18-28)24-25(26(29)37)32-13-12-31-24)33-22-8-6-19(7-9-22)20-10-14-36(15-11-20)23-4-3-5-23/h6-9,12-13,20-21,23,30,33H,3-5,10-11,14-18H2,1-2H3,(H2,29,37)(H,34,38)/t21?,28-/m1/s1. The van der Waals surface area contributed by atoms with E-state index < -0.39 is 11.6 Å². The molecule has 5 rings (SSSR count). The van der Waals surface area contributed by atoms with Crippen molar-refractivity contribution in [1.82, 2.24) is 30.4 Å². The van der Waals surface area contributed by atoms with Gasteiger partial charge in [-0.25, -0.2) is 9.78 Å². The van der Waals surface area contributed by atoms with Crippen LogP contribution >= 0.6 is 0 Å². The summed E-state index contributed by atoms with van der Waals surface area (Å²) in [6.45, 7) is 3.49. The molecule has 38 heavy (non-hydrogen) atoms. The van der Waals surface area contributed by atoms with Crippen molar-refractivity contribution in [2.24, 2.45) is 5.73 Å². The van der Waals surface area contributed by atoms with Crippen molar-refractivity contribution in [3.63, 3.8) is 0 Å². The Bertz CT molecular complexity index is 1130. The number of anilines is 1. The van der Waals surface area contributed by atoms with Gasteiger partial charge in [0.15, 0.2) is 0 Å². The zero-order valence-corrected chi connectivity index (χ0v) is 22.4. The fourth-order valence-corrected chi connectivity index (χ4v) is 6.06. The summed E-state index contributed by atoms with van der Waals surface area (Å²) in [5.74, 6) is -0.189. The highest BCUT2D eigenvalue weighted by Gasteiger charge is 2.40. The van der Waals surface area contributed by atoms with Crippen molar-refractivity contribution in [2.45, 2.75) is 62.1 Å². The van der Waals surface area contributed by atoms with E-state index in [0.717, 1.165) is 11.7 Å². The van der Waals surface area contributed by atoms with E-state index >= 15 is 0 Å². The number of amides is 3. The summed E-state index contributed by atoms with van der Waals surface area (Å²) in [6, 6.07) is 9.27. The molecular weight excluding hydrogens is 480 g/mol. The van der Waals surface area contributed by atoms with E-state index in [-0.39, 0.29) is 17.6 Å². The molecule has 2 saturated heterocycles. The van der Waals surface area contributed by atoms with Crippen LogP contribution in [0.2, 0.25) is 0 Å². The first-order valence-corrected chi connectivity index (χ1v) is 13.8. The molecule has 5 N–H and O–H groups in total. The van der Waals surface area contributed by atoms with Gasteiger partial charge in [0.05, 0.1) is 5.69 Å². The third-order valence-corrected chi connectivity index (χ3v) is 8.40. The van der Waals surface area contributed by atoms with Gasteiger partial charge in [0.1, 0.15) is 11.4 Å². The van der Waals surface area contributed by atoms with Crippen LogP contribution in [0.4, 0.5) is 10.5 Å². The molecule has 2 aliphatic heterocycles. The van der Waals surface area contributed by atoms with Crippen LogP contribution in [-0.2, 0) is 0 Å². The monoisotopic (exact) mass is 520 g/mol. The SMILES string of the molecule is CN(C)C(=O)N[C@@]1(Nc2ccc(C3CCN(C4CCC4)CC3)cc2)CNCC(c2nccnc2C(N)=O)C1. The van der Waals surface area contributed by atoms with Crippen LogP contribution in [0, 0.1) is 0 Å². The zero-order valence-electron chi connectivity index (χ0n) is 22.4. The summed E-state index contributed by atoms with van der Waals surface area (Å²) in [7, 11) is 3.44. The lowest BCUT2D eigenvalue weighted by Gasteiger charge is -2.43. The topological polar surface area (TPSA) is 129 Å². The molecule has 2 aromatic rings. The predicted octanol–water partition coefficient (Wildman–Crippen LogP) is 2.46. The first kappa shape index (κ1) is 26.4. The van der Waals surface area contributed by atoms with Crippen LogP contribution in [0.5, 0.6) is 0 Å². The van der Waals surface area contributed by atoms with Gasteiger partial charge in [-0.1, -0.05) is 18.6 Å². The number of hydrogen-bond donors (Lipinski definition) is 4. The minimum Gasteiger partial charge on any atom is -0.364 e. The highest BCUT2D eigenvalue weighted by molar-refractivity contribution is 5.92. The van der Waals surface area contributed by atoms with Crippen molar-refractivity contribution in [1.29, 1.82) is 0 Å². The lowest BCUT2D eigenvalue weighted by molar-refractivity contribution is 0.0975. The Balaban J connectivity index is 1.31. The highest BCUT2D eigenvalue weighted by Crippen LogP contribution is 2.35. The molecule has 1 unspecified atom stereocenters. The minimum absolute atomic E-state index is 0.168. The van der Waals surface area contributed by atoms with Gasteiger partial charge in [-0.05, 0) is 68.8 Å². The summed E-state index contributed by atoms with van der Waals surface area (Å²) in [5, 5.41) is 10.2. The van der Waals surface area contributed by atoms with Crippen molar-refractivity contribution in [3.8, 4) is 0 Å². The molecule has 1 aromatic carbocycles. The Morgan fingerprint density at radius 2 is 1.76 bits per heavy atom. The second-order valence-corrected chi connectivity index (χ2v) is 11.2. The third-order valence-electron chi connectivity index (χ3n) is 8.40. The molecule has 2 atom stereocenters. The van der Waals surface area contributed by atoms with Crippen LogP contribution in [0.3, 0.4) is 0 Å². The summed E-state index contributed by atoms with van der Waals surface area (Å²) >= 11 is 0. The number of nitrogens with zero attached hydrogens (tertiary/aromatic N) is 4. The number of benzene rings is 1. The quantitative estimate of drug-likeness (QED) is 0.413. The van der Waals surface area contributed by atoms with Crippen molar-refractivity contribution >= 4 is 17.6 Å². The maximum Gasteiger partial charge on any atom is 0.318 e. The lowest BCUT2D eigenvalue weighted by atomic mass is 9.85. The number of likely N-dealkylation sites (tertiary alicyclic amines) is 1. The summed E-state index contributed by atoms with van der Waals surface area (Å²) in [6.07, 6.45) is 10.1. The average Bonchev–Trinajstić information content (AvgIpc) is 2.88. The molecule has 0 spiro atoms. The summed E-state index contributed by atoms with van der Waals surface area (Å²) < 4.78 is 0. The maximum absolute atomic E-state index is 12.8. The van der Waals surface area contributed by atoms with Gasteiger partial charge in [-0.15, -0.1) is 0 Å². The number of hydrogen-bond acceptors (Lipinski definition) is 7. The molecule has 3 aliphatic rings. The Hall–Kier alpha value is -3.24.